The summed E-state index contributed by atoms with van der Waals surface area (Å²) in [6, 6.07) is 4.79. The fourth-order valence-corrected chi connectivity index (χ4v) is 4.55. The number of amides is 1. The van der Waals surface area contributed by atoms with Crippen molar-refractivity contribution in [3.05, 3.63) is 22.8 Å². The van der Waals surface area contributed by atoms with E-state index in [1.54, 1.807) is 32.9 Å². The van der Waals surface area contributed by atoms with Crippen molar-refractivity contribution in [1.82, 2.24) is 9.88 Å². The molecule has 2 rings (SSSR count). The maximum atomic E-state index is 12.7. The summed E-state index contributed by atoms with van der Waals surface area (Å²) in [6.45, 7) is 6.00. The number of halogens is 1. The highest BCUT2D eigenvalue weighted by molar-refractivity contribution is 9.10. The van der Waals surface area contributed by atoms with Gasteiger partial charge in [-0.2, -0.15) is 0 Å². The van der Waals surface area contributed by atoms with Crippen LogP contribution in [0.4, 0.5) is 4.79 Å². The van der Waals surface area contributed by atoms with E-state index in [4.69, 9.17) is 4.74 Å². The summed E-state index contributed by atoms with van der Waals surface area (Å²) in [6.07, 6.45) is 0.659. The van der Waals surface area contributed by atoms with Crippen molar-refractivity contribution >= 4 is 31.9 Å². The highest BCUT2D eigenvalue weighted by Gasteiger charge is 2.36. The van der Waals surface area contributed by atoms with Gasteiger partial charge >= 0.3 is 6.09 Å². The largest absolute Gasteiger partial charge is 0.444 e. The first-order valence-corrected chi connectivity index (χ1v) is 9.78. The van der Waals surface area contributed by atoms with Gasteiger partial charge in [-0.15, -0.1) is 0 Å². The van der Waals surface area contributed by atoms with Gasteiger partial charge in [0.2, 0.25) is 0 Å². The lowest BCUT2D eigenvalue weighted by Crippen LogP contribution is -2.47. The van der Waals surface area contributed by atoms with Gasteiger partial charge in [0.1, 0.15) is 10.2 Å². The summed E-state index contributed by atoms with van der Waals surface area (Å²) in [7, 11) is -3.59. The van der Waals surface area contributed by atoms with E-state index >= 15 is 0 Å². The third-order valence-corrected chi connectivity index (χ3v) is 5.96. The van der Waals surface area contributed by atoms with Gasteiger partial charge < -0.3 is 9.64 Å². The first-order chi connectivity index (χ1) is 10.6. The van der Waals surface area contributed by atoms with Crippen molar-refractivity contribution in [2.24, 2.45) is 0 Å². The molecule has 0 aromatic carbocycles. The van der Waals surface area contributed by atoms with Crippen LogP contribution in [0.25, 0.3) is 0 Å². The molecule has 1 unspecified atom stereocenters. The third kappa shape index (κ3) is 4.67. The van der Waals surface area contributed by atoms with Gasteiger partial charge in [0.05, 0.1) is 5.25 Å². The minimum Gasteiger partial charge on any atom is -0.444 e. The summed E-state index contributed by atoms with van der Waals surface area (Å²) < 4.78 is 31.3. The van der Waals surface area contributed by atoms with E-state index in [2.05, 4.69) is 20.9 Å². The smallest absolute Gasteiger partial charge is 0.410 e. The van der Waals surface area contributed by atoms with Gasteiger partial charge in [0.15, 0.2) is 14.9 Å². The van der Waals surface area contributed by atoms with Gasteiger partial charge in [-0.05, 0) is 61.7 Å². The maximum absolute atomic E-state index is 12.7. The number of ether oxygens (including phenoxy) is 1. The summed E-state index contributed by atoms with van der Waals surface area (Å²) in [5, 5.41) is -0.631. The number of sulfone groups is 1. The highest BCUT2D eigenvalue weighted by Crippen LogP contribution is 2.24. The first kappa shape index (κ1) is 18.2. The fourth-order valence-electron chi connectivity index (χ4n) is 2.40. The lowest BCUT2D eigenvalue weighted by molar-refractivity contribution is 0.0219. The molecule has 8 heteroatoms. The van der Waals surface area contributed by atoms with Gasteiger partial charge in [0, 0.05) is 13.1 Å². The average molecular weight is 405 g/mol. The SMILES string of the molecule is CC(C)(C)OC(=O)N1CCCC(S(=O)(=O)c2cccc(Br)n2)C1. The topological polar surface area (TPSA) is 76.6 Å². The van der Waals surface area contributed by atoms with Crippen molar-refractivity contribution in [3.8, 4) is 0 Å². The predicted octanol–water partition coefficient (Wildman–Crippen LogP) is 3.02. The number of rotatable bonds is 2. The van der Waals surface area contributed by atoms with Crippen molar-refractivity contribution in [1.29, 1.82) is 0 Å². The molecule has 1 saturated heterocycles. The van der Waals surface area contributed by atoms with Crippen LogP contribution >= 0.6 is 15.9 Å². The molecule has 0 saturated carbocycles. The molecule has 1 aromatic heterocycles. The number of aromatic nitrogens is 1. The number of pyridine rings is 1. The Bertz CT molecular complexity index is 685. The Kier molecular flexibility index (Phi) is 5.35. The molecule has 2 heterocycles. The van der Waals surface area contributed by atoms with Gasteiger partial charge in [-0.3, -0.25) is 0 Å². The lowest BCUT2D eigenvalue weighted by atomic mass is 10.1. The number of nitrogens with zero attached hydrogens (tertiary/aromatic N) is 2. The summed E-state index contributed by atoms with van der Waals surface area (Å²) in [5.41, 5.74) is -0.602. The second-order valence-electron chi connectivity index (χ2n) is 6.53. The normalized spacial score (nSPS) is 19.5. The molecule has 1 atom stereocenters. The van der Waals surface area contributed by atoms with Gasteiger partial charge in [0.25, 0.3) is 0 Å². The van der Waals surface area contributed by atoms with Crippen LogP contribution in [0.15, 0.2) is 27.8 Å². The van der Waals surface area contributed by atoms with Crippen LogP contribution in [-0.4, -0.2) is 48.3 Å². The average Bonchev–Trinajstić information content (AvgIpc) is 2.45. The Morgan fingerprint density at radius 2 is 2.09 bits per heavy atom. The Balaban J connectivity index is 2.16. The van der Waals surface area contributed by atoms with Crippen LogP contribution in [-0.2, 0) is 14.6 Å². The molecule has 0 bridgehead atoms. The summed E-state index contributed by atoms with van der Waals surface area (Å²) in [4.78, 5) is 17.7. The Morgan fingerprint density at radius 1 is 1.39 bits per heavy atom. The summed E-state index contributed by atoms with van der Waals surface area (Å²) >= 11 is 3.19. The number of hydrogen-bond acceptors (Lipinski definition) is 5. The molecule has 1 aliphatic heterocycles. The van der Waals surface area contributed by atoms with Crippen LogP contribution in [0.5, 0.6) is 0 Å². The number of piperidine rings is 1. The van der Waals surface area contributed by atoms with Crippen LogP contribution in [0, 0.1) is 0 Å². The minimum atomic E-state index is -3.59. The van der Waals surface area contributed by atoms with E-state index < -0.39 is 26.8 Å². The molecule has 0 N–H and O–H groups in total. The van der Waals surface area contributed by atoms with Gasteiger partial charge in [-0.25, -0.2) is 18.2 Å². The molecule has 0 spiro atoms. The van der Waals surface area contributed by atoms with Crippen LogP contribution in [0.1, 0.15) is 33.6 Å². The van der Waals surface area contributed by atoms with Gasteiger partial charge in [-0.1, -0.05) is 6.07 Å². The monoisotopic (exact) mass is 404 g/mol. The molecule has 0 aliphatic carbocycles. The Morgan fingerprint density at radius 3 is 2.70 bits per heavy atom. The third-order valence-electron chi connectivity index (χ3n) is 3.45. The van der Waals surface area contributed by atoms with Crippen LogP contribution in [0.2, 0.25) is 0 Å². The Labute approximate surface area is 145 Å². The zero-order valence-electron chi connectivity index (χ0n) is 13.5. The van der Waals surface area contributed by atoms with E-state index in [-0.39, 0.29) is 11.6 Å². The van der Waals surface area contributed by atoms with E-state index in [0.29, 0.717) is 24.0 Å². The summed E-state index contributed by atoms with van der Waals surface area (Å²) in [5.74, 6) is 0. The van der Waals surface area contributed by atoms with Crippen molar-refractivity contribution in [2.45, 2.75) is 49.5 Å². The molecule has 6 nitrogen and oxygen atoms in total. The predicted molar refractivity (Wildman–Crippen MR) is 90.0 cm³/mol. The molecule has 23 heavy (non-hydrogen) atoms. The standard InChI is InChI=1S/C15H21BrN2O4S/c1-15(2,3)22-14(19)18-9-5-6-11(10-18)23(20,21)13-8-4-7-12(16)17-13/h4,7-8,11H,5-6,9-10H2,1-3H3. The molecule has 1 aliphatic rings. The zero-order chi connectivity index (χ0) is 17.3. The minimum absolute atomic E-state index is 0.0305. The maximum Gasteiger partial charge on any atom is 0.410 e. The molecule has 1 aromatic rings. The first-order valence-electron chi connectivity index (χ1n) is 7.44. The van der Waals surface area contributed by atoms with Crippen LogP contribution in [0.3, 0.4) is 0 Å². The molecule has 0 radical (unpaired) electrons. The molecule has 128 valence electrons. The molecule has 1 amide bonds. The Hall–Kier alpha value is -1.15. The van der Waals surface area contributed by atoms with E-state index in [0.717, 1.165) is 0 Å². The number of likely N-dealkylation sites (tertiary alicyclic amines) is 1. The number of carbonyl (C=O) groups is 1. The second kappa shape index (κ2) is 6.76. The van der Waals surface area contributed by atoms with Crippen molar-refractivity contribution in [2.75, 3.05) is 13.1 Å². The van der Waals surface area contributed by atoms with E-state index in [1.165, 1.54) is 11.0 Å². The number of carbonyl (C=O) groups excluding carboxylic acids is 1. The van der Waals surface area contributed by atoms with Crippen LogP contribution < -0.4 is 0 Å². The lowest BCUT2D eigenvalue weighted by Gasteiger charge is -2.33. The number of hydrogen-bond donors (Lipinski definition) is 0. The van der Waals surface area contributed by atoms with Crippen molar-refractivity contribution < 1.29 is 17.9 Å². The fraction of sp³-hybridized carbons (Fsp3) is 0.600. The molecular formula is C15H21BrN2O4S. The van der Waals surface area contributed by atoms with Crippen molar-refractivity contribution in [3.63, 3.8) is 0 Å². The molecule has 1 fully saturated rings. The highest BCUT2D eigenvalue weighted by atomic mass is 79.9. The second-order valence-corrected chi connectivity index (χ2v) is 9.52. The zero-order valence-corrected chi connectivity index (χ0v) is 15.9. The van der Waals surface area contributed by atoms with E-state index in [1.807, 2.05) is 0 Å². The quantitative estimate of drug-likeness (QED) is 0.707. The molecular weight excluding hydrogens is 384 g/mol. The van der Waals surface area contributed by atoms with E-state index in [9.17, 15) is 13.2 Å².